The molecule has 0 aromatic carbocycles. The zero-order valence-electron chi connectivity index (χ0n) is 10.8. The molecule has 2 N–H and O–H groups in total. The second kappa shape index (κ2) is 5.72. The Kier molecular flexibility index (Phi) is 3.79. The van der Waals surface area contributed by atoms with Crippen molar-refractivity contribution in [2.75, 3.05) is 11.9 Å². The van der Waals surface area contributed by atoms with Crippen LogP contribution >= 0.6 is 11.6 Å². The van der Waals surface area contributed by atoms with E-state index in [1.54, 1.807) is 23.3 Å². The van der Waals surface area contributed by atoms with Gasteiger partial charge in [0.15, 0.2) is 0 Å². The Hall–Kier alpha value is -1.73. The molecule has 0 saturated heterocycles. The molecule has 2 heterocycles. The second-order valence-electron chi connectivity index (χ2n) is 4.91. The van der Waals surface area contributed by atoms with Crippen molar-refractivity contribution in [3.8, 4) is 5.95 Å². The Morgan fingerprint density at radius 2 is 2.25 bits per heavy atom. The van der Waals surface area contributed by atoms with Crippen LogP contribution in [0.2, 0.25) is 5.28 Å². The van der Waals surface area contributed by atoms with Crippen molar-refractivity contribution < 1.29 is 5.11 Å². The van der Waals surface area contributed by atoms with Crippen molar-refractivity contribution in [1.29, 1.82) is 0 Å². The molecule has 2 aromatic heterocycles. The number of nitrogens with zero attached hydrogens (tertiary/aromatic N) is 5. The highest BCUT2D eigenvalue weighted by Gasteiger charge is 2.22. The van der Waals surface area contributed by atoms with Gasteiger partial charge >= 0.3 is 0 Å². The van der Waals surface area contributed by atoms with Crippen molar-refractivity contribution in [2.45, 2.75) is 25.4 Å². The van der Waals surface area contributed by atoms with Gasteiger partial charge in [-0.05, 0) is 36.8 Å². The predicted octanol–water partition coefficient (Wildman–Crippen LogP) is 1.28. The van der Waals surface area contributed by atoms with E-state index < -0.39 is 0 Å². The van der Waals surface area contributed by atoms with Gasteiger partial charge in [-0.1, -0.05) is 0 Å². The smallest absolute Gasteiger partial charge is 0.241 e. The number of hydrogen-bond acceptors (Lipinski definition) is 6. The van der Waals surface area contributed by atoms with Gasteiger partial charge in [0, 0.05) is 18.9 Å². The minimum atomic E-state index is -0.176. The number of anilines is 1. The number of halogens is 1. The molecule has 106 valence electrons. The average Bonchev–Trinajstić information content (AvgIpc) is 3.07. The zero-order chi connectivity index (χ0) is 13.9. The molecule has 0 radical (unpaired) electrons. The fourth-order valence-corrected chi connectivity index (χ4v) is 2.54. The largest absolute Gasteiger partial charge is 0.393 e. The lowest BCUT2D eigenvalue weighted by molar-refractivity contribution is 0.178. The molecular formula is C12H15ClN6O. The number of imidazole rings is 1. The van der Waals surface area contributed by atoms with Crippen LogP contribution in [0.25, 0.3) is 5.95 Å². The molecule has 7 nitrogen and oxygen atoms in total. The molecule has 0 aliphatic heterocycles. The Bertz CT molecular complexity index is 575. The van der Waals surface area contributed by atoms with Crippen molar-refractivity contribution in [3.05, 3.63) is 24.0 Å². The maximum atomic E-state index is 9.51. The van der Waals surface area contributed by atoms with E-state index in [0.29, 0.717) is 17.8 Å². The number of aromatic nitrogens is 5. The van der Waals surface area contributed by atoms with E-state index in [0.717, 1.165) is 25.8 Å². The van der Waals surface area contributed by atoms with Gasteiger partial charge in [0.25, 0.3) is 0 Å². The fraction of sp³-hybridized carbons (Fsp3) is 0.500. The fourth-order valence-electron chi connectivity index (χ4n) is 2.38. The molecule has 20 heavy (non-hydrogen) atoms. The summed E-state index contributed by atoms with van der Waals surface area (Å²) >= 11 is 5.91. The first-order valence-electron chi connectivity index (χ1n) is 6.52. The highest BCUT2D eigenvalue weighted by Crippen LogP contribution is 2.25. The third-order valence-corrected chi connectivity index (χ3v) is 3.56. The third-order valence-electron chi connectivity index (χ3n) is 3.39. The molecule has 0 amide bonds. The number of aliphatic hydroxyl groups excluding tert-OH is 1. The van der Waals surface area contributed by atoms with E-state index >= 15 is 0 Å². The summed E-state index contributed by atoms with van der Waals surface area (Å²) in [4.78, 5) is 16.4. The van der Waals surface area contributed by atoms with Crippen LogP contribution in [0.15, 0.2) is 18.7 Å². The SMILES string of the molecule is OC1CCC(CNc2nc(Cl)nc(-n3ccnc3)n2)C1. The topological polar surface area (TPSA) is 88.8 Å². The molecule has 2 aromatic rings. The Morgan fingerprint density at radius 1 is 1.35 bits per heavy atom. The van der Waals surface area contributed by atoms with Crippen LogP contribution in [0.1, 0.15) is 19.3 Å². The van der Waals surface area contributed by atoms with Crippen LogP contribution in [0.3, 0.4) is 0 Å². The molecule has 8 heteroatoms. The second-order valence-corrected chi connectivity index (χ2v) is 5.25. The summed E-state index contributed by atoms with van der Waals surface area (Å²) in [5.41, 5.74) is 0. The monoisotopic (exact) mass is 294 g/mol. The Balaban J connectivity index is 1.70. The van der Waals surface area contributed by atoms with E-state index in [-0.39, 0.29) is 11.4 Å². The van der Waals surface area contributed by atoms with Gasteiger partial charge in [-0.15, -0.1) is 0 Å². The van der Waals surface area contributed by atoms with Crippen LogP contribution in [-0.2, 0) is 0 Å². The summed E-state index contributed by atoms with van der Waals surface area (Å²) in [7, 11) is 0. The van der Waals surface area contributed by atoms with Crippen molar-refractivity contribution in [1.82, 2.24) is 24.5 Å². The number of aliphatic hydroxyl groups is 1. The lowest BCUT2D eigenvalue weighted by Crippen LogP contribution is -2.15. The van der Waals surface area contributed by atoms with Crippen LogP contribution in [0, 0.1) is 5.92 Å². The maximum Gasteiger partial charge on any atom is 0.241 e. The lowest BCUT2D eigenvalue weighted by atomic mass is 10.1. The third kappa shape index (κ3) is 3.05. The van der Waals surface area contributed by atoms with E-state index in [1.807, 2.05) is 0 Å². The van der Waals surface area contributed by atoms with Crippen LogP contribution < -0.4 is 5.32 Å². The highest BCUT2D eigenvalue weighted by atomic mass is 35.5. The van der Waals surface area contributed by atoms with Crippen molar-refractivity contribution >= 4 is 17.5 Å². The Morgan fingerprint density at radius 3 is 2.95 bits per heavy atom. The van der Waals surface area contributed by atoms with Crippen molar-refractivity contribution in [2.24, 2.45) is 5.92 Å². The van der Waals surface area contributed by atoms with Gasteiger partial charge in [0.1, 0.15) is 6.33 Å². The van der Waals surface area contributed by atoms with Crippen LogP contribution in [-0.4, -0.2) is 42.3 Å². The molecule has 1 fully saturated rings. The number of rotatable bonds is 4. The maximum absolute atomic E-state index is 9.51. The van der Waals surface area contributed by atoms with Gasteiger partial charge in [-0.2, -0.15) is 15.0 Å². The first-order chi connectivity index (χ1) is 9.70. The molecule has 1 aliphatic rings. The van der Waals surface area contributed by atoms with E-state index in [4.69, 9.17) is 11.6 Å². The normalized spacial score (nSPS) is 22.1. The molecule has 0 bridgehead atoms. The van der Waals surface area contributed by atoms with Crippen LogP contribution in [0.5, 0.6) is 0 Å². The van der Waals surface area contributed by atoms with E-state index in [2.05, 4.69) is 25.3 Å². The van der Waals surface area contributed by atoms with E-state index in [1.165, 1.54) is 0 Å². The van der Waals surface area contributed by atoms with Gasteiger partial charge in [0.2, 0.25) is 17.2 Å². The molecule has 3 rings (SSSR count). The summed E-state index contributed by atoms with van der Waals surface area (Å²) in [6, 6.07) is 0. The molecule has 2 atom stereocenters. The first kappa shape index (κ1) is 13.3. The molecule has 1 aliphatic carbocycles. The average molecular weight is 295 g/mol. The zero-order valence-corrected chi connectivity index (χ0v) is 11.5. The minimum Gasteiger partial charge on any atom is -0.393 e. The molecule has 2 unspecified atom stereocenters. The quantitative estimate of drug-likeness (QED) is 0.883. The summed E-state index contributed by atoms with van der Waals surface area (Å²) in [5.74, 6) is 1.31. The Labute approximate surface area is 121 Å². The standard InChI is InChI=1S/C12H15ClN6O/c13-10-16-11(15-6-8-1-2-9(20)5-8)18-12(17-10)19-4-3-14-7-19/h3-4,7-9,20H,1-2,5-6H2,(H,15,16,17,18). The summed E-state index contributed by atoms with van der Waals surface area (Å²) < 4.78 is 1.66. The predicted molar refractivity (Wildman–Crippen MR) is 73.8 cm³/mol. The highest BCUT2D eigenvalue weighted by molar-refractivity contribution is 6.28. The van der Waals surface area contributed by atoms with Gasteiger partial charge in [0.05, 0.1) is 6.10 Å². The first-order valence-corrected chi connectivity index (χ1v) is 6.90. The molecular weight excluding hydrogens is 280 g/mol. The van der Waals surface area contributed by atoms with Gasteiger partial charge < -0.3 is 10.4 Å². The van der Waals surface area contributed by atoms with Crippen molar-refractivity contribution in [3.63, 3.8) is 0 Å². The lowest BCUT2D eigenvalue weighted by Gasteiger charge is -2.11. The molecule has 1 saturated carbocycles. The van der Waals surface area contributed by atoms with E-state index in [9.17, 15) is 5.11 Å². The van der Waals surface area contributed by atoms with Gasteiger partial charge in [-0.25, -0.2) is 4.98 Å². The van der Waals surface area contributed by atoms with Crippen LogP contribution in [0.4, 0.5) is 5.95 Å². The summed E-state index contributed by atoms with van der Waals surface area (Å²) in [5, 5.41) is 12.8. The van der Waals surface area contributed by atoms with Gasteiger partial charge in [-0.3, -0.25) is 4.57 Å². The summed E-state index contributed by atoms with van der Waals surface area (Å²) in [6.45, 7) is 0.723. The molecule has 0 spiro atoms. The summed E-state index contributed by atoms with van der Waals surface area (Å²) in [6.07, 6.45) is 7.51. The minimum absolute atomic E-state index is 0.137. The number of nitrogens with one attached hydrogen (secondary N) is 1. The number of hydrogen-bond donors (Lipinski definition) is 2.